The number of carbonyl (C=O) groups is 1. The van der Waals surface area contributed by atoms with Crippen LogP contribution in [0.4, 0.5) is 0 Å². The second kappa shape index (κ2) is 6.42. The van der Waals surface area contributed by atoms with E-state index in [0.29, 0.717) is 12.5 Å². The lowest BCUT2D eigenvalue weighted by molar-refractivity contribution is -0.134. The van der Waals surface area contributed by atoms with Crippen molar-refractivity contribution in [1.29, 1.82) is 0 Å². The molecule has 1 aliphatic heterocycles. The van der Waals surface area contributed by atoms with Gasteiger partial charge >= 0.3 is 0 Å². The van der Waals surface area contributed by atoms with Crippen LogP contribution in [-0.2, 0) is 18.4 Å². The van der Waals surface area contributed by atoms with Crippen molar-refractivity contribution in [2.24, 2.45) is 7.05 Å². The van der Waals surface area contributed by atoms with Crippen LogP contribution >= 0.6 is 0 Å². The predicted molar refractivity (Wildman–Crippen MR) is 90.3 cm³/mol. The highest BCUT2D eigenvalue weighted by atomic mass is 16.2. The zero-order chi connectivity index (χ0) is 16.5. The van der Waals surface area contributed by atoms with Crippen molar-refractivity contribution in [2.75, 3.05) is 6.54 Å². The van der Waals surface area contributed by atoms with Gasteiger partial charge in [-0.05, 0) is 37.8 Å². The van der Waals surface area contributed by atoms with Gasteiger partial charge in [0.2, 0.25) is 5.91 Å². The van der Waals surface area contributed by atoms with Crippen LogP contribution in [0.3, 0.4) is 0 Å². The molecule has 128 valence electrons. The van der Waals surface area contributed by atoms with Gasteiger partial charge in [0, 0.05) is 37.6 Å². The number of hydrogen-bond acceptors (Lipinski definition) is 3. The van der Waals surface area contributed by atoms with Crippen LogP contribution < -0.4 is 0 Å². The minimum Gasteiger partial charge on any atom is -0.353 e. The fraction of sp³-hybridized carbons (Fsp3) is 0.611. The Kier molecular flexibility index (Phi) is 4.12. The Hall–Kier alpha value is -2.11. The highest BCUT2D eigenvalue weighted by Gasteiger charge is 2.30. The number of likely N-dealkylation sites (tertiary alicyclic amines) is 1. The summed E-state index contributed by atoms with van der Waals surface area (Å²) < 4.78 is 3.85. The van der Waals surface area contributed by atoms with Gasteiger partial charge in [0.25, 0.3) is 0 Å². The summed E-state index contributed by atoms with van der Waals surface area (Å²) in [5.74, 6) is 0.721. The quantitative estimate of drug-likeness (QED) is 0.867. The van der Waals surface area contributed by atoms with Crippen molar-refractivity contribution in [3.63, 3.8) is 0 Å². The van der Waals surface area contributed by atoms with E-state index in [9.17, 15) is 4.79 Å². The summed E-state index contributed by atoms with van der Waals surface area (Å²) in [7, 11) is 2.06. The van der Waals surface area contributed by atoms with Crippen LogP contribution in [0.1, 0.15) is 61.9 Å². The van der Waals surface area contributed by atoms with E-state index in [-0.39, 0.29) is 11.9 Å². The Morgan fingerprint density at radius 3 is 2.88 bits per heavy atom. The molecule has 1 amide bonds. The van der Waals surface area contributed by atoms with Crippen LogP contribution in [0.2, 0.25) is 0 Å². The number of rotatable bonds is 4. The fourth-order valence-electron chi connectivity index (χ4n) is 3.72. The molecule has 1 saturated heterocycles. The zero-order valence-corrected chi connectivity index (χ0v) is 14.3. The van der Waals surface area contributed by atoms with Gasteiger partial charge in [0.15, 0.2) is 0 Å². The van der Waals surface area contributed by atoms with Crippen LogP contribution in [0.5, 0.6) is 0 Å². The first kappa shape index (κ1) is 15.4. The van der Waals surface area contributed by atoms with E-state index in [2.05, 4.69) is 45.2 Å². The molecular formula is C18H25N5O. The average molecular weight is 327 g/mol. The zero-order valence-electron chi connectivity index (χ0n) is 14.3. The molecule has 2 aromatic heterocycles. The Balaban J connectivity index is 1.51. The molecule has 0 radical (unpaired) electrons. The second-order valence-electron chi connectivity index (χ2n) is 7.11. The second-order valence-corrected chi connectivity index (χ2v) is 7.11. The van der Waals surface area contributed by atoms with Crippen LogP contribution in [0, 0.1) is 0 Å². The highest BCUT2D eigenvalue weighted by Crippen LogP contribution is 2.38. The number of hydrogen-bond donors (Lipinski definition) is 0. The van der Waals surface area contributed by atoms with Gasteiger partial charge in [-0.15, -0.1) is 5.10 Å². The van der Waals surface area contributed by atoms with Crippen molar-refractivity contribution in [2.45, 2.75) is 57.0 Å². The van der Waals surface area contributed by atoms with Crippen LogP contribution in [-0.4, -0.2) is 36.9 Å². The molecular weight excluding hydrogens is 302 g/mol. The van der Waals surface area contributed by atoms with Crippen molar-refractivity contribution < 1.29 is 4.79 Å². The first-order chi connectivity index (χ1) is 11.7. The lowest BCUT2D eigenvalue weighted by Gasteiger charge is -2.30. The lowest BCUT2D eigenvalue weighted by atomic mass is 10.1. The Labute approximate surface area is 142 Å². The highest BCUT2D eigenvalue weighted by molar-refractivity contribution is 5.76. The van der Waals surface area contributed by atoms with E-state index in [1.54, 1.807) is 4.68 Å². The molecule has 2 fully saturated rings. The van der Waals surface area contributed by atoms with Gasteiger partial charge in [-0.1, -0.05) is 18.1 Å². The SMILES string of the molecule is Cn1cccc1C1CCCCCN1C(=O)Cn1cc(C2CC2)nn1. The van der Waals surface area contributed by atoms with E-state index in [0.717, 1.165) is 25.1 Å². The summed E-state index contributed by atoms with van der Waals surface area (Å²) in [6, 6.07) is 4.37. The molecule has 1 aliphatic carbocycles. The number of aromatic nitrogens is 4. The Bertz CT molecular complexity index is 715. The molecule has 2 aromatic rings. The minimum atomic E-state index is 0.148. The third-order valence-electron chi connectivity index (χ3n) is 5.25. The molecule has 2 aliphatic rings. The molecule has 0 N–H and O–H groups in total. The van der Waals surface area contributed by atoms with E-state index >= 15 is 0 Å². The molecule has 6 nitrogen and oxygen atoms in total. The van der Waals surface area contributed by atoms with Crippen LogP contribution in [0.25, 0.3) is 0 Å². The van der Waals surface area contributed by atoms with Crippen molar-refractivity contribution in [1.82, 2.24) is 24.5 Å². The molecule has 0 aromatic carbocycles. The summed E-state index contributed by atoms with van der Waals surface area (Å²) in [5, 5.41) is 8.37. The maximum Gasteiger partial charge on any atom is 0.244 e. The molecule has 24 heavy (non-hydrogen) atoms. The third kappa shape index (κ3) is 3.09. The molecule has 3 heterocycles. The molecule has 0 spiro atoms. The summed E-state index contributed by atoms with van der Waals surface area (Å²) in [6.45, 7) is 1.12. The van der Waals surface area contributed by atoms with E-state index < -0.39 is 0 Å². The van der Waals surface area contributed by atoms with Gasteiger partial charge in [-0.25, -0.2) is 4.68 Å². The molecule has 1 saturated carbocycles. The maximum absolute atomic E-state index is 13.0. The topological polar surface area (TPSA) is 56.0 Å². The maximum atomic E-state index is 13.0. The van der Waals surface area contributed by atoms with Crippen LogP contribution in [0.15, 0.2) is 24.5 Å². The first-order valence-electron chi connectivity index (χ1n) is 9.03. The van der Waals surface area contributed by atoms with E-state index in [1.807, 2.05) is 6.20 Å². The summed E-state index contributed by atoms with van der Waals surface area (Å²) in [5.41, 5.74) is 2.26. The first-order valence-corrected chi connectivity index (χ1v) is 9.03. The Morgan fingerprint density at radius 2 is 2.12 bits per heavy atom. The van der Waals surface area contributed by atoms with Crippen molar-refractivity contribution >= 4 is 5.91 Å². The third-order valence-corrected chi connectivity index (χ3v) is 5.25. The lowest BCUT2D eigenvalue weighted by Crippen LogP contribution is -2.37. The van der Waals surface area contributed by atoms with Gasteiger partial charge in [0.1, 0.15) is 6.54 Å². The molecule has 6 heteroatoms. The monoisotopic (exact) mass is 327 g/mol. The number of amides is 1. The molecule has 4 rings (SSSR count). The summed E-state index contributed by atoms with van der Waals surface area (Å²) in [4.78, 5) is 15.0. The van der Waals surface area contributed by atoms with E-state index in [1.165, 1.54) is 31.4 Å². The van der Waals surface area contributed by atoms with Gasteiger partial charge in [-0.3, -0.25) is 4.79 Å². The van der Waals surface area contributed by atoms with E-state index in [4.69, 9.17) is 0 Å². The largest absolute Gasteiger partial charge is 0.353 e. The smallest absolute Gasteiger partial charge is 0.244 e. The predicted octanol–water partition coefficient (Wildman–Crippen LogP) is 2.64. The normalized spacial score (nSPS) is 21.7. The number of aryl methyl sites for hydroxylation is 1. The number of nitrogens with zero attached hydrogens (tertiary/aromatic N) is 5. The molecule has 1 unspecified atom stereocenters. The number of carbonyl (C=O) groups excluding carboxylic acids is 1. The average Bonchev–Trinajstić information content (AvgIpc) is 3.26. The van der Waals surface area contributed by atoms with Gasteiger partial charge < -0.3 is 9.47 Å². The van der Waals surface area contributed by atoms with Gasteiger partial charge in [0.05, 0.1) is 11.7 Å². The van der Waals surface area contributed by atoms with Gasteiger partial charge in [-0.2, -0.15) is 0 Å². The Morgan fingerprint density at radius 1 is 1.25 bits per heavy atom. The molecule has 0 bridgehead atoms. The van der Waals surface area contributed by atoms with Crippen molar-refractivity contribution in [3.05, 3.63) is 35.9 Å². The summed E-state index contributed by atoms with van der Waals surface area (Å²) >= 11 is 0. The summed E-state index contributed by atoms with van der Waals surface area (Å²) in [6.07, 6.45) is 10.9. The fourth-order valence-corrected chi connectivity index (χ4v) is 3.72. The standard InChI is InChI=1S/C18H25N5O/c1-21-10-5-7-16(21)17-6-3-2-4-11-23(17)18(24)13-22-12-15(19-20-22)14-8-9-14/h5,7,10,12,14,17H,2-4,6,8-9,11,13H2,1H3. The van der Waals surface area contributed by atoms with Crippen molar-refractivity contribution in [3.8, 4) is 0 Å². The molecule has 1 atom stereocenters. The minimum absolute atomic E-state index is 0.148.